The molecule has 0 radical (unpaired) electrons. The van der Waals surface area contributed by atoms with E-state index in [-0.39, 0.29) is 0 Å². The standard InChI is InChI=1S/C14H21NO4/c1-5-9(2)8-19-14(16)10-6-12(17-3)13(18-4)7-11(10)15/h6-7,9H,5,8,15H2,1-4H3. The number of esters is 1. The van der Waals surface area contributed by atoms with Crippen molar-refractivity contribution in [2.24, 2.45) is 5.92 Å². The molecule has 1 aromatic rings. The van der Waals surface area contributed by atoms with E-state index in [0.717, 1.165) is 6.42 Å². The van der Waals surface area contributed by atoms with Crippen LogP contribution in [0, 0.1) is 5.92 Å². The molecule has 1 unspecified atom stereocenters. The third-order valence-electron chi connectivity index (χ3n) is 2.97. The normalized spacial score (nSPS) is 11.8. The van der Waals surface area contributed by atoms with Crippen LogP contribution in [0.15, 0.2) is 12.1 Å². The first kappa shape index (κ1) is 15.1. The lowest BCUT2D eigenvalue weighted by atomic mass is 10.1. The minimum Gasteiger partial charge on any atom is -0.493 e. The Labute approximate surface area is 113 Å². The second-order valence-corrected chi connectivity index (χ2v) is 4.41. The molecule has 0 fully saturated rings. The fourth-order valence-corrected chi connectivity index (χ4v) is 1.49. The van der Waals surface area contributed by atoms with Gasteiger partial charge in [0.25, 0.3) is 0 Å². The van der Waals surface area contributed by atoms with E-state index in [9.17, 15) is 4.79 Å². The van der Waals surface area contributed by atoms with Gasteiger partial charge in [0.15, 0.2) is 11.5 Å². The molecule has 2 N–H and O–H groups in total. The number of nitrogens with two attached hydrogens (primary N) is 1. The molecule has 106 valence electrons. The summed E-state index contributed by atoms with van der Waals surface area (Å²) in [6.07, 6.45) is 0.953. The van der Waals surface area contributed by atoms with Crippen molar-refractivity contribution in [2.45, 2.75) is 20.3 Å². The van der Waals surface area contributed by atoms with E-state index in [1.807, 2.05) is 13.8 Å². The number of ether oxygens (including phenoxy) is 3. The fourth-order valence-electron chi connectivity index (χ4n) is 1.49. The molecule has 5 nitrogen and oxygen atoms in total. The SMILES string of the molecule is CCC(C)COC(=O)c1cc(OC)c(OC)cc1N. The van der Waals surface area contributed by atoms with Crippen molar-refractivity contribution in [1.29, 1.82) is 0 Å². The number of nitrogen functional groups attached to an aromatic ring is 1. The number of carbonyl (C=O) groups is 1. The Hall–Kier alpha value is -1.91. The van der Waals surface area contributed by atoms with E-state index < -0.39 is 5.97 Å². The van der Waals surface area contributed by atoms with Crippen molar-refractivity contribution >= 4 is 11.7 Å². The van der Waals surface area contributed by atoms with Gasteiger partial charge in [-0.05, 0) is 5.92 Å². The molecule has 0 saturated heterocycles. The minimum absolute atomic E-state index is 0.293. The van der Waals surface area contributed by atoms with Crippen LogP contribution >= 0.6 is 0 Å². The van der Waals surface area contributed by atoms with Crippen LogP contribution < -0.4 is 15.2 Å². The molecular formula is C14H21NO4. The number of carbonyl (C=O) groups excluding carboxylic acids is 1. The molecular weight excluding hydrogens is 246 g/mol. The van der Waals surface area contributed by atoms with Crippen LogP contribution in [0.3, 0.4) is 0 Å². The summed E-state index contributed by atoms with van der Waals surface area (Å²) in [5, 5.41) is 0. The molecule has 1 aromatic carbocycles. The van der Waals surface area contributed by atoms with Crippen molar-refractivity contribution in [3.05, 3.63) is 17.7 Å². The summed E-state index contributed by atoms with van der Waals surface area (Å²) in [5.41, 5.74) is 6.43. The number of hydrogen-bond donors (Lipinski definition) is 1. The lowest BCUT2D eigenvalue weighted by molar-refractivity contribution is 0.0448. The summed E-state index contributed by atoms with van der Waals surface area (Å²) in [5.74, 6) is 0.815. The maximum Gasteiger partial charge on any atom is 0.340 e. The van der Waals surface area contributed by atoms with Crippen LogP contribution in [-0.2, 0) is 4.74 Å². The molecule has 0 aromatic heterocycles. The number of anilines is 1. The van der Waals surface area contributed by atoms with Gasteiger partial charge in [-0.2, -0.15) is 0 Å². The molecule has 0 spiro atoms. The molecule has 0 aliphatic carbocycles. The first-order valence-electron chi connectivity index (χ1n) is 6.22. The van der Waals surface area contributed by atoms with Gasteiger partial charge in [0.2, 0.25) is 0 Å². The molecule has 0 bridgehead atoms. The third-order valence-corrected chi connectivity index (χ3v) is 2.97. The zero-order chi connectivity index (χ0) is 14.4. The molecule has 1 atom stereocenters. The molecule has 0 aliphatic rings. The fraction of sp³-hybridized carbons (Fsp3) is 0.500. The summed E-state index contributed by atoms with van der Waals surface area (Å²) in [6, 6.07) is 3.09. The Morgan fingerprint density at radius 2 is 1.84 bits per heavy atom. The third kappa shape index (κ3) is 3.77. The topological polar surface area (TPSA) is 70.8 Å². The van der Waals surface area contributed by atoms with Gasteiger partial charge in [-0.1, -0.05) is 20.3 Å². The Morgan fingerprint density at radius 3 is 2.37 bits per heavy atom. The summed E-state index contributed by atoms with van der Waals surface area (Å²) in [4.78, 5) is 12.0. The first-order valence-corrected chi connectivity index (χ1v) is 6.22. The Bertz CT molecular complexity index is 445. The van der Waals surface area contributed by atoms with Gasteiger partial charge in [0.05, 0.1) is 32.1 Å². The second kappa shape index (κ2) is 6.87. The lowest BCUT2D eigenvalue weighted by Crippen LogP contribution is -2.13. The van der Waals surface area contributed by atoms with E-state index in [0.29, 0.717) is 35.3 Å². The summed E-state index contributed by atoms with van der Waals surface area (Å²) in [6.45, 7) is 4.44. The van der Waals surface area contributed by atoms with E-state index in [1.54, 1.807) is 6.07 Å². The highest BCUT2D eigenvalue weighted by molar-refractivity contribution is 5.96. The van der Waals surface area contributed by atoms with Crippen molar-refractivity contribution in [3.63, 3.8) is 0 Å². The van der Waals surface area contributed by atoms with Crippen molar-refractivity contribution < 1.29 is 19.0 Å². The zero-order valence-corrected chi connectivity index (χ0v) is 11.9. The van der Waals surface area contributed by atoms with Gasteiger partial charge >= 0.3 is 5.97 Å². The predicted octanol–water partition coefficient (Wildman–Crippen LogP) is 2.49. The van der Waals surface area contributed by atoms with E-state index in [1.165, 1.54) is 20.3 Å². The minimum atomic E-state index is -0.446. The van der Waals surface area contributed by atoms with Crippen molar-refractivity contribution in [3.8, 4) is 11.5 Å². The van der Waals surface area contributed by atoms with E-state index >= 15 is 0 Å². The average molecular weight is 267 g/mol. The smallest absolute Gasteiger partial charge is 0.340 e. The summed E-state index contributed by atoms with van der Waals surface area (Å²) >= 11 is 0. The number of rotatable bonds is 6. The molecule has 0 aliphatic heterocycles. The highest BCUT2D eigenvalue weighted by Gasteiger charge is 2.17. The molecule has 0 saturated carbocycles. The van der Waals surface area contributed by atoms with E-state index in [2.05, 4.69) is 0 Å². The Kier molecular flexibility index (Phi) is 5.48. The lowest BCUT2D eigenvalue weighted by Gasteiger charge is -2.13. The maximum atomic E-state index is 12.0. The number of benzene rings is 1. The monoisotopic (exact) mass is 267 g/mol. The van der Waals surface area contributed by atoms with E-state index in [4.69, 9.17) is 19.9 Å². The van der Waals surface area contributed by atoms with Crippen molar-refractivity contribution in [2.75, 3.05) is 26.6 Å². The van der Waals surface area contributed by atoms with Gasteiger partial charge < -0.3 is 19.9 Å². The van der Waals surface area contributed by atoms with Gasteiger partial charge in [-0.3, -0.25) is 0 Å². The number of hydrogen-bond acceptors (Lipinski definition) is 5. The molecule has 5 heteroatoms. The van der Waals surface area contributed by atoms with Gasteiger partial charge in [0, 0.05) is 12.1 Å². The maximum absolute atomic E-state index is 12.0. The van der Waals surface area contributed by atoms with Crippen LogP contribution in [0.1, 0.15) is 30.6 Å². The largest absolute Gasteiger partial charge is 0.493 e. The van der Waals surface area contributed by atoms with Crippen LogP contribution in [-0.4, -0.2) is 26.8 Å². The van der Waals surface area contributed by atoms with Crippen molar-refractivity contribution in [1.82, 2.24) is 0 Å². The Morgan fingerprint density at radius 1 is 1.26 bits per heavy atom. The van der Waals surface area contributed by atoms with Crippen LogP contribution in [0.4, 0.5) is 5.69 Å². The van der Waals surface area contributed by atoms with Gasteiger partial charge in [0.1, 0.15) is 0 Å². The average Bonchev–Trinajstić information content (AvgIpc) is 2.43. The van der Waals surface area contributed by atoms with Gasteiger partial charge in [-0.25, -0.2) is 4.79 Å². The summed E-state index contributed by atoms with van der Waals surface area (Å²) < 4.78 is 15.5. The molecule has 0 amide bonds. The first-order chi connectivity index (χ1) is 9.03. The quantitative estimate of drug-likeness (QED) is 0.633. The van der Waals surface area contributed by atoms with Crippen LogP contribution in [0.2, 0.25) is 0 Å². The highest BCUT2D eigenvalue weighted by Crippen LogP contribution is 2.32. The predicted molar refractivity (Wildman–Crippen MR) is 73.7 cm³/mol. The second-order valence-electron chi connectivity index (χ2n) is 4.41. The zero-order valence-electron chi connectivity index (χ0n) is 11.9. The molecule has 19 heavy (non-hydrogen) atoms. The molecule has 0 heterocycles. The van der Waals surface area contributed by atoms with Crippen LogP contribution in [0.5, 0.6) is 11.5 Å². The Balaban J connectivity index is 2.90. The van der Waals surface area contributed by atoms with Crippen LogP contribution in [0.25, 0.3) is 0 Å². The number of methoxy groups -OCH3 is 2. The summed E-state index contributed by atoms with van der Waals surface area (Å²) in [7, 11) is 3.01. The van der Waals surface area contributed by atoms with Gasteiger partial charge in [-0.15, -0.1) is 0 Å². The highest BCUT2D eigenvalue weighted by atomic mass is 16.5. The molecule has 1 rings (SSSR count).